The topological polar surface area (TPSA) is 53.2 Å². The summed E-state index contributed by atoms with van der Waals surface area (Å²) >= 11 is 6.16. The summed E-state index contributed by atoms with van der Waals surface area (Å²) in [5.41, 5.74) is 3.94. The Morgan fingerprint density at radius 3 is 2.80 bits per heavy atom. The van der Waals surface area contributed by atoms with Crippen LogP contribution < -0.4 is 0 Å². The van der Waals surface area contributed by atoms with Crippen LogP contribution in [-0.4, -0.2) is 22.2 Å². The molecule has 0 bridgehead atoms. The number of nitrogens with zero attached hydrogens (tertiary/aromatic N) is 1. The lowest BCUT2D eigenvalue weighted by Crippen LogP contribution is -2.29. The molecule has 1 N–H and O–H groups in total. The van der Waals surface area contributed by atoms with Gasteiger partial charge in [-0.3, -0.25) is 14.5 Å². The second-order valence-electron chi connectivity index (χ2n) is 6.09. The van der Waals surface area contributed by atoms with E-state index in [2.05, 4.69) is 4.98 Å². The number of aromatic nitrogens is 1. The van der Waals surface area contributed by atoms with E-state index in [0.29, 0.717) is 24.4 Å². The number of halogens is 1. The van der Waals surface area contributed by atoms with Crippen LogP contribution in [0.25, 0.3) is 10.9 Å². The molecule has 128 valence electrons. The van der Waals surface area contributed by atoms with E-state index in [1.165, 1.54) is 4.90 Å². The highest BCUT2D eigenvalue weighted by atomic mass is 35.5. The van der Waals surface area contributed by atoms with Gasteiger partial charge in [-0.2, -0.15) is 0 Å². The third-order valence-electron chi connectivity index (χ3n) is 4.24. The molecule has 0 fully saturated rings. The number of para-hydroxylation sites is 1. The Morgan fingerprint density at radius 1 is 1.24 bits per heavy atom. The molecule has 1 heterocycles. The van der Waals surface area contributed by atoms with E-state index >= 15 is 0 Å². The van der Waals surface area contributed by atoms with Crippen LogP contribution in [0, 0.1) is 6.92 Å². The second-order valence-corrected chi connectivity index (χ2v) is 6.50. The first-order valence-electron chi connectivity index (χ1n) is 8.13. The first-order chi connectivity index (χ1) is 12.1. The molecule has 0 aliphatic heterocycles. The number of hydrogen-bond donors (Lipinski definition) is 1. The molecule has 5 heteroatoms. The van der Waals surface area contributed by atoms with E-state index in [4.69, 9.17) is 11.6 Å². The van der Waals surface area contributed by atoms with Gasteiger partial charge < -0.3 is 4.98 Å². The van der Waals surface area contributed by atoms with Crippen molar-refractivity contribution in [1.29, 1.82) is 0 Å². The number of imide groups is 1. The van der Waals surface area contributed by atoms with Gasteiger partial charge in [0.15, 0.2) is 0 Å². The number of H-pyrrole nitrogens is 1. The lowest BCUT2D eigenvalue weighted by molar-refractivity contribution is -0.138. The average Bonchev–Trinajstić information content (AvgIpc) is 3.02. The zero-order valence-electron chi connectivity index (χ0n) is 14.0. The number of carbonyl (C=O) groups excluding carboxylic acids is 2. The predicted molar refractivity (Wildman–Crippen MR) is 99.4 cm³/mol. The third-order valence-corrected chi connectivity index (χ3v) is 4.56. The molecule has 0 unspecified atom stereocenters. The fourth-order valence-electron chi connectivity index (χ4n) is 2.96. The smallest absolute Gasteiger partial charge is 0.229 e. The second kappa shape index (κ2) is 7.53. The lowest BCUT2D eigenvalue weighted by atomic mass is 10.1. The van der Waals surface area contributed by atoms with Crippen LogP contribution >= 0.6 is 11.6 Å². The van der Waals surface area contributed by atoms with E-state index in [9.17, 15) is 9.59 Å². The molecule has 0 saturated carbocycles. The van der Waals surface area contributed by atoms with Crippen molar-refractivity contribution >= 4 is 34.8 Å². The summed E-state index contributed by atoms with van der Waals surface area (Å²) in [5, 5.41) is 1.67. The maximum absolute atomic E-state index is 12.4. The first kappa shape index (κ1) is 17.2. The van der Waals surface area contributed by atoms with Gasteiger partial charge in [-0.05, 0) is 30.5 Å². The van der Waals surface area contributed by atoms with Gasteiger partial charge in [-0.15, -0.1) is 0 Å². The van der Waals surface area contributed by atoms with Gasteiger partial charge in [0, 0.05) is 18.0 Å². The lowest BCUT2D eigenvalue weighted by Gasteiger charge is -2.16. The van der Waals surface area contributed by atoms with Crippen LogP contribution in [0.1, 0.15) is 23.1 Å². The molecule has 0 spiro atoms. The van der Waals surface area contributed by atoms with Crippen molar-refractivity contribution in [2.45, 2.75) is 26.3 Å². The van der Waals surface area contributed by atoms with Gasteiger partial charge >= 0.3 is 0 Å². The summed E-state index contributed by atoms with van der Waals surface area (Å²) in [6.45, 7) is 2.28. The third kappa shape index (κ3) is 3.91. The maximum Gasteiger partial charge on any atom is 0.229 e. The van der Waals surface area contributed by atoms with Crippen molar-refractivity contribution in [3.63, 3.8) is 0 Å². The van der Waals surface area contributed by atoms with Crippen molar-refractivity contribution < 1.29 is 9.59 Å². The predicted octanol–water partition coefficient (Wildman–Crippen LogP) is 4.25. The van der Waals surface area contributed by atoms with Crippen LogP contribution in [0.5, 0.6) is 0 Å². The zero-order valence-corrected chi connectivity index (χ0v) is 14.7. The zero-order chi connectivity index (χ0) is 17.8. The van der Waals surface area contributed by atoms with Crippen LogP contribution in [0.15, 0.2) is 48.7 Å². The molecule has 4 nitrogen and oxygen atoms in total. The van der Waals surface area contributed by atoms with Gasteiger partial charge in [0.1, 0.15) is 0 Å². The van der Waals surface area contributed by atoms with Gasteiger partial charge in [0.2, 0.25) is 12.3 Å². The summed E-state index contributed by atoms with van der Waals surface area (Å²) in [7, 11) is 0. The fourth-order valence-corrected chi connectivity index (χ4v) is 3.19. The Labute approximate surface area is 151 Å². The SMILES string of the molecule is Cc1cccc(CN(C=O)C(=O)CCc2c[nH]c3c(Cl)cccc23)c1. The number of benzene rings is 2. The van der Waals surface area contributed by atoms with Crippen molar-refractivity contribution in [3.05, 3.63) is 70.4 Å². The summed E-state index contributed by atoms with van der Waals surface area (Å²) in [6.07, 6.45) is 3.30. The summed E-state index contributed by atoms with van der Waals surface area (Å²) in [5.74, 6) is -0.187. The number of amides is 2. The molecule has 1 aromatic heterocycles. The number of nitrogens with one attached hydrogen (secondary N) is 1. The summed E-state index contributed by atoms with van der Waals surface area (Å²) in [6, 6.07) is 13.5. The Balaban J connectivity index is 1.67. The van der Waals surface area contributed by atoms with Crippen LogP contribution in [0.2, 0.25) is 5.02 Å². The summed E-state index contributed by atoms with van der Waals surface area (Å²) < 4.78 is 0. The largest absolute Gasteiger partial charge is 0.360 e. The normalized spacial score (nSPS) is 10.8. The number of carbonyl (C=O) groups is 2. The van der Waals surface area contributed by atoms with Gasteiger partial charge in [0.25, 0.3) is 0 Å². The van der Waals surface area contributed by atoms with Crippen LogP contribution in [0.4, 0.5) is 0 Å². The Bertz CT molecular complexity index is 917. The van der Waals surface area contributed by atoms with E-state index < -0.39 is 0 Å². The Morgan fingerprint density at radius 2 is 2.04 bits per heavy atom. The Hall–Kier alpha value is -2.59. The minimum Gasteiger partial charge on any atom is -0.360 e. The van der Waals surface area contributed by atoms with Gasteiger partial charge in [0.05, 0.1) is 17.1 Å². The highest BCUT2D eigenvalue weighted by Crippen LogP contribution is 2.26. The van der Waals surface area contributed by atoms with E-state index in [0.717, 1.165) is 27.6 Å². The molecule has 2 aromatic carbocycles. The fraction of sp³-hybridized carbons (Fsp3) is 0.200. The molecular weight excluding hydrogens is 336 g/mol. The van der Waals surface area contributed by atoms with Crippen molar-refractivity contribution in [2.75, 3.05) is 0 Å². The molecule has 0 aliphatic carbocycles. The van der Waals surface area contributed by atoms with Gasteiger partial charge in [-0.1, -0.05) is 53.6 Å². The number of aromatic amines is 1. The monoisotopic (exact) mass is 354 g/mol. The molecule has 0 saturated heterocycles. The number of hydrogen-bond acceptors (Lipinski definition) is 2. The van der Waals surface area contributed by atoms with E-state index in [-0.39, 0.29) is 12.3 Å². The van der Waals surface area contributed by atoms with Crippen LogP contribution in [0.3, 0.4) is 0 Å². The standard InChI is InChI=1S/C20H19ClN2O2/c1-14-4-2-5-15(10-14)12-23(13-24)19(25)9-8-16-11-22-20-17(16)6-3-7-18(20)21/h2-7,10-11,13,22H,8-9,12H2,1H3. The summed E-state index contributed by atoms with van der Waals surface area (Å²) in [4.78, 5) is 28.1. The number of fused-ring (bicyclic) bond motifs is 1. The molecule has 3 rings (SSSR count). The number of rotatable bonds is 6. The molecule has 3 aromatic rings. The molecular formula is C20H19ClN2O2. The molecule has 0 aliphatic rings. The van der Waals surface area contributed by atoms with E-state index in [1.807, 2.05) is 55.6 Å². The highest BCUT2D eigenvalue weighted by Gasteiger charge is 2.15. The van der Waals surface area contributed by atoms with Crippen molar-refractivity contribution in [3.8, 4) is 0 Å². The minimum absolute atomic E-state index is 0.187. The van der Waals surface area contributed by atoms with E-state index in [1.54, 1.807) is 0 Å². The van der Waals surface area contributed by atoms with Crippen LogP contribution in [-0.2, 0) is 22.6 Å². The Kier molecular flexibility index (Phi) is 5.19. The van der Waals surface area contributed by atoms with Gasteiger partial charge in [-0.25, -0.2) is 0 Å². The molecule has 2 amide bonds. The maximum atomic E-state index is 12.4. The van der Waals surface area contributed by atoms with Crippen molar-refractivity contribution in [1.82, 2.24) is 9.88 Å². The average molecular weight is 355 g/mol. The minimum atomic E-state index is -0.187. The first-order valence-corrected chi connectivity index (χ1v) is 8.51. The quantitative estimate of drug-likeness (QED) is 0.673. The molecule has 0 radical (unpaired) electrons. The van der Waals surface area contributed by atoms with Crippen molar-refractivity contribution in [2.24, 2.45) is 0 Å². The molecule has 25 heavy (non-hydrogen) atoms. The highest BCUT2D eigenvalue weighted by molar-refractivity contribution is 6.35. The number of aryl methyl sites for hydroxylation is 2. The molecule has 0 atom stereocenters.